The number of carbonyl (C=O) groups excluding carboxylic acids is 1. The molecule has 156 valence electrons. The third-order valence-corrected chi connectivity index (χ3v) is 7.32. The second-order valence-corrected chi connectivity index (χ2v) is 9.33. The molecule has 0 bridgehead atoms. The van der Waals surface area contributed by atoms with E-state index in [0.717, 1.165) is 47.9 Å². The van der Waals surface area contributed by atoms with Crippen LogP contribution in [0, 0.1) is 0 Å². The van der Waals surface area contributed by atoms with Crippen molar-refractivity contribution in [2.75, 3.05) is 18.0 Å². The summed E-state index contributed by atoms with van der Waals surface area (Å²) < 4.78 is 0. The lowest BCUT2D eigenvalue weighted by Gasteiger charge is -2.32. The number of nitrogens with zero attached hydrogens (tertiary/aromatic N) is 3. The van der Waals surface area contributed by atoms with Crippen molar-refractivity contribution >= 4 is 33.7 Å². The lowest BCUT2D eigenvalue weighted by Crippen LogP contribution is -2.44. The van der Waals surface area contributed by atoms with Crippen molar-refractivity contribution in [3.8, 4) is 21.7 Å². The van der Waals surface area contributed by atoms with Gasteiger partial charge in [-0.15, -0.1) is 22.7 Å². The number of hydrogen-bond acceptors (Lipinski definition) is 6. The van der Waals surface area contributed by atoms with Gasteiger partial charge in [0.25, 0.3) is 5.91 Å². The molecule has 1 N–H and O–H groups in total. The molecule has 1 amide bonds. The number of thiazole rings is 1. The molecule has 4 heterocycles. The van der Waals surface area contributed by atoms with Crippen LogP contribution in [0.5, 0.6) is 0 Å². The molecule has 0 spiro atoms. The third-order valence-electron chi connectivity index (χ3n) is 5.50. The first-order chi connectivity index (χ1) is 15.3. The summed E-state index contributed by atoms with van der Waals surface area (Å²) in [7, 11) is 0. The fourth-order valence-electron chi connectivity index (χ4n) is 3.77. The highest BCUT2D eigenvalue weighted by molar-refractivity contribution is 7.14. The molecule has 3 aromatic heterocycles. The quantitative estimate of drug-likeness (QED) is 0.450. The topological polar surface area (TPSA) is 58.1 Å². The van der Waals surface area contributed by atoms with E-state index in [1.807, 2.05) is 48.7 Å². The summed E-state index contributed by atoms with van der Waals surface area (Å²) >= 11 is 3.37. The first kappa shape index (κ1) is 19.9. The monoisotopic (exact) mass is 446 g/mol. The lowest BCUT2D eigenvalue weighted by atomic mass is 10.0. The molecule has 5 rings (SSSR count). The van der Waals surface area contributed by atoms with Gasteiger partial charge in [-0.25, -0.2) is 4.98 Å². The Morgan fingerprint density at radius 3 is 2.55 bits per heavy atom. The summed E-state index contributed by atoms with van der Waals surface area (Å²) in [6.45, 7) is 1.78. The van der Waals surface area contributed by atoms with E-state index in [1.54, 1.807) is 28.9 Å². The summed E-state index contributed by atoms with van der Waals surface area (Å²) in [4.78, 5) is 25.2. The van der Waals surface area contributed by atoms with Crippen molar-refractivity contribution in [2.24, 2.45) is 0 Å². The Morgan fingerprint density at radius 1 is 1.00 bits per heavy atom. The van der Waals surface area contributed by atoms with Gasteiger partial charge in [0, 0.05) is 52.9 Å². The Morgan fingerprint density at radius 2 is 1.84 bits per heavy atom. The van der Waals surface area contributed by atoms with Crippen molar-refractivity contribution in [3.05, 3.63) is 77.2 Å². The maximum atomic E-state index is 12.7. The van der Waals surface area contributed by atoms with Gasteiger partial charge in [0.15, 0.2) is 5.13 Å². The van der Waals surface area contributed by atoms with Gasteiger partial charge in [0.05, 0.1) is 5.69 Å². The highest BCUT2D eigenvalue weighted by Gasteiger charge is 2.23. The van der Waals surface area contributed by atoms with Gasteiger partial charge in [-0.3, -0.25) is 9.78 Å². The van der Waals surface area contributed by atoms with E-state index in [1.165, 1.54) is 4.88 Å². The Kier molecular flexibility index (Phi) is 5.78. The molecule has 0 unspecified atom stereocenters. The average molecular weight is 447 g/mol. The minimum atomic E-state index is 0.00397. The van der Waals surface area contributed by atoms with Gasteiger partial charge >= 0.3 is 0 Å². The molecule has 1 fully saturated rings. The normalized spacial score (nSPS) is 14.5. The van der Waals surface area contributed by atoms with Crippen LogP contribution in [0.3, 0.4) is 0 Å². The van der Waals surface area contributed by atoms with E-state index in [4.69, 9.17) is 4.98 Å². The van der Waals surface area contributed by atoms with Crippen LogP contribution in [-0.4, -0.2) is 35.0 Å². The fraction of sp³-hybridized carbons (Fsp3) is 0.208. The number of anilines is 1. The van der Waals surface area contributed by atoms with Crippen LogP contribution in [0.4, 0.5) is 5.13 Å². The van der Waals surface area contributed by atoms with Crippen LogP contribution in [0.15, 0.2) is 71.7 Å². The molecule has 1 aliphatic rings. The average Bonchev–Trinajstić information content (AvgIpc) is 3.53. The third kappa shape index (κ3) is 4.52. The van der Waals surface area contributed by atoms with Gasteiger partial charge in [0.2, 0.25) is 0 Å². The number of benzene rings is 1. The summed E-state index contributed by atoms with van der Waals surface area (Å²) in [6, 6.07) is 16.1. The maximum Gasteiger partial charge on any atom is 0.251 e. The standard InChI is InChI=1S/C24H22N4OS2/c29-23(18-7-5-17(6-8-18)22-4-2-14-30-22)26-20-9-12-28(13-10-20)24-27-21(16-31-24)19-3-1-11-25-15-19/h1-8,11,14-16,20H,9-10,12-13H2,(H,26,29). The zero-order chi connectivity index (χ0) is 21.0. The molecule has 0 saturated carbocycles. The number of carbonyl (C=O) groups is 1. The van der Waals surface area contributed by atoms with E-state index in [9.17, 15) is 4.79 Å². The summed E-state index contributed by atoms with van der Waals surface area (Å²) in [6.07, 6.45) is 5.45. The molecule has 7 heteroatoms. The molecule has 1 aromatic carbocycles. The second-order valence-electron chi connectivity index (χ2n) is 7.55. The van der Waals surface area contributed by atoms with E-state index in [2.05, 4.69) is 32.0 Å². The molecule has 0 aliphatic carbocycles. The second kappa shape index (κ2) is 8.99. The summed E-state index contributed by atoms with van der Waals surface area (Å²) in [5, 5.41) is 8.39. The van der Waals surface area contributed by atoms with Crippen molar-refractivity contribution in [1.82, 2.24) is 15.3 Å². The molecule has 5 nitrogen and oxygen atoms in total. The van der Waals surface area contributed by atoms with Crippen LogP contribution in [0.1, 0.15) is 23.2 Å². The molecule has 1 saturated heterocycles. The summed E-state index contributed by atoms with van der Waals surface area (Å²) in [5.41, 5.74) is 3.87. The number of hydrogen-bond donors (Lipinski definition) is 1. The highest BCUT2D eigenvalue weighted by Crippen LogP contribution is 2.29. The maximum absolute atomic E-state index is 12.7. The number of rotatable bonds is 5. The number of piperidine rings is 1. The zero-order valence-corrected chi connectivity index (χ0v) is 18.5. The SMILES string of the molecule is O=C(NC1CCN(c2nc(-c3cccnc3)cs2)CC1)c1ccc(-c2cccs2)cc1. The minimum Gasteiger partial charge on any atom is -0.349 e. The Bertz CT molecular complexity index is 1130. The van der Waals surface area contributed by atoms with Gasteiger partial charge in [-0.2, -0.15) is 0 Å². The zero-order valence-electron chi connectivity index (χ0n) is 16.9. The van der Waals surface area contributed by atoms with Crippen LogP contribution in [-0.2, 0) is 0 Å². The predicted molar refractivity (Wildman–Crippen MR) is 128 cm³/mol. The van der Waals surface area contributed by atoms with E-state index < -0.39 is 0 Å². The number of pyridine rings is 1. The van der Waals surface area contributed by atoms with Crippen LogP contribution < -0.4 is 10.2 Å². The summed E-state index contributed by atoms with van der Waals surface area (Å²) in [5.74, 6) is 0.00397. The molecule has 1 aliphatic heterocycles. The smallest absolute Gasteiger partial charge is 0.251 e. The van der Waals surface area contributed by atoms with Crippen LogP contribution in [0.2, 0.25) is 0 Å². The fourth-order valence-corrected chi connectivity index (χ4v) is 5.39. The van der Waals surface area contributed by atoms with Crippen LogP contribution in [0.25, 0.3) is 21.7 Å². The number of thiophene rings is 1. The van der Waals surface area contributed by atoms with Crippen molar-refractivity contribution in [1.29, 1.82) is 0 Å². The Labute approximate surface area is 189 Å². The van der Waals surface area contributed by atoms with E-state index in [-0.39, 0.29) is 11.9 Å². The van der Waals surface area contributed by atoms with Gasteiger partial charge < -0.3 is 10.2 Å². The molecule has 4 aromatic rings. The van der Waals surface area contributed by atoms with Crippen molar-refractivity contribution < 1.29 is 4.79 Å². The predicted octanol–water partition coefficient (Wildman–Crippen LogP) is 5.33. The number of amides is 1. The van der Waals surface area contributed by atoms with E-state index >= 15 is 0 Å². The number of aromatic nitrogens is 2. The van der Waals surface area contributed by atoms with Crippen molar-refractivity contribution in [3.63, 3.8) is 0 Å². The largest absolute Gasteiger partial charge is 0.349 e. The minimum absolute atomic E-state index is 0.00397. The highest BCUT2D eigenvalue weighted by atomic mass is 32.1. The molecule has 0 radical (unpaired) electrons. The van der Waals surface area contributed by atoms with Crippen molar-refractivity contribution in [2.45, 2.75) is 18.9 Å². The first-order valence-electron chi connectivity index (χ1n) is 10.3. The lowest BCUT2D eigenvalue weighted by molar-refractivity contribution is 0.0931. The van der Waals surface area contributed by atoms with Gasteiger partial charge in [-0.05, 0) is 54.1 Å². The van der Waals surface area contributed by atoms with Gasteiger partial charge in [0.1, 0.15) is 0 Å². The van der Waals surface area contributed by atoms with E-state index in [0.29, 0.717) is 5.56 Å². The Hall–Kier alpha value is -3.03. The first-order valence-corrected chi connectivity index (χ1v) is 12.1. The Balaban J connectivity index is 1.16. The van der Waals surface area contributed by atoms with Gasteiger partial charge in [-0.1, -0.05) is 18.2 Å². The molecular formula is C24H22N4OS2. The molecule has 31 heavy (non-hydrogen) atoms. The van der Waals surface area contributed by atoms with Crippen LogP contribution >= 0.6 is 22.7 Å². The molecule has 0 atom stereocenters. The number of nitrogens with one attached hydrogen (secondary N) is 1. The molecular weight excluding hydrogens is 424 g/mol.